The Labute approximate surface area is 165 Å². The molecule has 1 amide bonds. The van der Waals surface area contributed by atoms with Crippen LogP contribution in [-0.4, -0.2) is 28.5 Å². The van der Waals surface area contributed by atoms with Gasteiger partial charge in [0.15, 0.2) is 0 Å². The molecule has 8 heteroatoms. The number of nitrogens with one attached hydrogen (secondary N) is 1. The zero-order valence-electron chi connectivity index (χ0n) is 15.1. The van der Waals surface area contributed by atoms with E-state index < -0.39 is 5.97 Å². The van der Waals surface area contributed by atoms with Crippen LogP contribution in [0.3, 0.4) is 0 Å². The second-order valence-corrected chi connectivity index (χ2v) is 6.53. The molecule has 0 aliphatic carbocycles. The summed E-state index contributed by atoms with van der Waals surface area (Å²) in [5, 5.41) is 3.59. The van der Waals surface area contributed by atoms with Gasteiger partial charge < -0.3 is 10.1 Å². The number of ether oxygens (including phenoxy) is 1. The van der Waals surface area contributed by atoms with Crippen LogP contribution in [0.15, 0.2) is 53.6 Å². The third-order valence-electron chi connectivity index (χ3n) is 4.20. The molecule has 1 N–H and O–H groups in total. The number of fused-ring (bicyclic) bond motifs is 1. The number of methoxy groups -OCH3 is 1. The summed E-state index contributed by atoms with van der Waals surface area (Å²) >= 11 is 5.95. The SMILES string of the molecule is COC(=O)c1ccc(Cl)cc1NC(=O)CCCn1cnc2ccccc2c1=O. The van der Waals surface area contributed by atoms with Crippen LogP contribution < -0.4 is 10.9 Å². The molecule has 144 valence electrons. The van der Waals surface area contributed by atoms with Crippen LogP contribution in [0.25, 0.3) is 10.9 Å². The summed E-state index contributed by atoms with van der Waals surface area (Å²) in [6.07, 6.45) is 2.07. The number of carbonyl (C=O) groups is 2. The number of nitrogens with zero attached hydrogens (tertiary/aromatic N) is 2. The van der Waals surface area contributed by atoms with Crippen molar-refractivity contribution in [2.45, 2.75) is 19.4 Å². The van der Waals surface area contributed by atoms with E-state index in [1.54, 1.807) is 24.3 Å². The summed E-state index contributed by atoms with van der Waals surface area (Å²) < 4.78 is 6.19. The minimum absolute atomic E-state index is 0.145. The number of carbonyl (C=O) groups excluding carboxylic acids is 2. The molecular weight excluding hydrogens is 382 g/mol. The monoisotopic (exact) mass is 399 g/mol. The number of halogens is 1. The number of amides is 1. The summed E-state index contributed by atoms with van der Waals surface area (Å²) in [5.74, 6) is -0.866. The van der Waals surface area contributed by atoms with Gasteiger partial charge in [0.2, 0.25) is 5.91 Å². The lowest BCUT2D eigenvalue weighted by Gasteiger charge is -2.11. The summed E-state index contributed by atoms with van der Waals surface area (Å²) in [7, 11) is 1.26. The number of aryl methyl sites for hydroxylation is 1. The van der Waals surface area contributed by atoms with Crippen molar-refractivity contribution in [3.05, 3.63) is 69.7 Å². The first-order valence-electron chi connectivity index (χ1n) is 8.61. The Kier molecular flexibility index (Phi) is 6.06. The molecule has 3 rings (SSSR count). The van der Waals surface area contributed by atoms with E-state index in [0.717, 1.165) is 0 Å². The van der Waals surface area contributed by atoms with Crippen LogP contribution in [0.2, 0.25) is 5.02 Å². The second kappa shape index (κ2) is 8.67. The average Bonchev–Trinajstić information content (AvgIpc) is 2.69. The molecule has 0 spiro atoms. The fraction of sp³-hybridized carbons (Fsp3) is 0.200. The van der Waals surface area contributed by atoms with Gasteiger partial charge in [0.25, 0.3) is 5.56 Å². The van der Waals surface area contributed by atoms with Crippen molar-refractivity contribution in [3.63, 3.8) is 0 Å². The zero-order valence-corrected chi connectivity index (χ0v) is 15.9. The van der Waals surface area contributed by atoms with Gasteiger partial charge in [0, 0.05) is 18.0 Å². The number of hydrogen-bond acceptors (Lipinski definition) is 5. The Hall–Kier alpha value is -3.19. The summed E-state index contributed by atoms with van der Waals surface area (Å²) in [6, 6.07) is 11.6. The third-order valence-corrected chi connectivity index (χ3v) is 4.43. The number of benzene rings is 2. The van der Waals surface area contributed by atoms with E-state index in [9.17, 15) is 14.4 Å². The van der Waals surface area contributed by atoms with Crippen LogP contribution in [0.1, 0.15) is 23.2 Å². The Morgan fingerprint density at radius 3 is 2.79 bits per heavy atom. The van der Waals surface area contributed by atoms with Crippen LogP contribution >= 0.6 is 11.6 Å². The predicted octanol–water partition coefficient (Wildman–Crippen LogP) is 3.26. The number of hydrogen-bond donors (Lipinski definition) is 1. The van der Waals surface area contributed by atoms with Crippen LogP contribution in [0.4, 0.5) is 5.69 Å². The van der Waals surface area contributed by atoms with Crippen LogP contribution in [-0.2, 0) is 16.1 Å². The summed E-state index contributed by atoms with van der Waals surface area (Å²) in [4.78, 5) is 40.8. The number of esters is 1. The molecule has 0 unspecified atom stereocenters. The van der Waals surface area contributed by atoms with Gasteiger partial charge in [0.1, 0.15) is 0 Å². The average molecular weight is 400 g/mol. The van der Waals surface area contributed by atoms with Gasteiger partial charge >= 0.3 is 5.97 Å². The molecule has 1 heterocycles. The van der Waals surface area contributed by atoms with Gasteiger partial charge in [-0.25, -0.2) is 9.78 Å². The largest absolute Gasteiger partial charge is 0.465 e. The molecule has 0 fully saturated rings. The van der Waals surface area contributed by atoms with Gasteiger partial charge in [-0.15, -0.1) is 0 Å². The second-order valence-electron chi connectivity index (χ2n) is 6.09. The van der Waals surface area contributed by atoms with Crippen molar-refractivity contribution in [2.24, 2.45) is 0 Å². The van der Waals surface area contributed by atoms with E-state index in [4.69, 9.17) is 16.3 Å². The Morgan fingerprint density at radius 2 is 2.00 bits per heavy atom. The van der Waals surface area contributed by atoms with Crippen LogP contribution in [0, 0.1) is 0 Å². The summed E-state index contributed by atoms with van der Waals surface area (Å²) in [6.45, 7) is 0.351. The van der Waals surface area contributed by atoms with E-state index in [0.29, 0.717) is 28.9 Å². The highest BCUT2D eigenvalue weighted by Gasteiger charge is 2.14. The molecule has 1 aromatic heterocycles. The van der Waals surface area contributed by atoms with E-state index in [1.807, 2.05) is 6.07 Å². The Morgan fingerprint density at radius 1 is 1.21 bits per heavy atom. The molecule has 0 radical (unpaired) electrons. The van der Waals surface area contributed by atoms with Crippen molar-refractivity contribution in [2.75, 3.05) is 12.4 Å². The molecule has 0 saturated heterocycles. The van der Waals surface area contributed by atoms with Gasteiger partial charge in [-0.1, -0.05) is 23.7 Å². The van der Waals surface area contributed by atoms with Gasteiger partial charge in [-0.05, 0) is 36.8 Å². The molecule has 7 nitrogen and oxygen atoms in total. The Balaban J connectivity index is 1.64. The maximum atomic E-state index is 12.4. The lowest BCUT2D eigenvalue weighted by molar-refractivity contribution is -0.116. The van der Waals surface area contributed by atoms with Crippen molar-refractivity contribution in [1.29, 1.82) is 0 Å². The maximum absolute atomic E-state index is 12.4. The third kappa shape index (κ3) is 4.37. The topological polar surface area (TPSA) is 90.3 Å². The molecule has 28 heavy (non-hydrogen) atoms. The first-order valence-corrected chi connectivity index (χ1v) is 8.99. The van der Waals surface area contributed by atoms with E-state index in [1.165, 1.54) is 30.1 Å². The lowest BCUT2D eigenvalue weighted by Crippen LogP contribution is -2.22. The maximum Gasteiger partial charge on any atom is 0.339 e. The number of aromatic nitrogens is 2. The molecule has 0 aliphatic heterocycles. The standard InChI is InChI=1S/C20H18ClN3O4/c1-28-20(27)15-9-8-13(21)11-17(15)23-18(25)7-4-10-24-12-22-16-6-3-2-5-14(16)19(24)26/h2-3,5-6,8-9,11-12H,4,7,10H2,1H3,(H,23,25). The minimum Gasteiger partial charge on any atom is -0.465 e. The number of para-hydroxylation sites is 1. The smallest absolute Gasteiger partial charge is 0.339 e. The van der Waals surface area contributed by atoms with Gasteiger partial charge in [-0.3, -0.25) is 14.2 Å². The van der Waals surface area contributed by atoms with Crippen molar-refractivity contribution >= 4 is 40.1 Å². The molecular formula is C20H18ClN3O4. The number of rotatable bonds is 6. The van der Waals surface area contributed by atoms with E-state index >= 15 is 0 Å². The highest BCUT2D eigenvalue weighted by molar-refractivity contribution is 6.31. The minimum atomic E-state index is -0.569. The predicted molar refractivity (Wildman–Crippen MR) is 107 cm³/mol. The van der Waals surface area contributed by atoms with E-state index in [2.05, 4.69) is 10.3 Å². The first-order chi connectivity index (χ1) is 13.5. The normalized spacial score (nSPS) is 10.6. The molecule has 2 aromatic carbocycles. The van der Waals surface area contributed by atoms with Gasteiger partial charge in [0.05, 0.1) is 35.6 Å². The Bertz CT molecular complexity index is 1090. The molecule has 3 aromatic rings. The zero-order chi connectivity index (χ0) is 20.1. The summed E-state index contributed by atoms with van der Waals surface area (Å²) in [5.41, 5.74) is 0.996. The first kappa shape index (κ1) is 19.6. The van der Waals surface area contributed by atoms with Gasteiger partial charge in [-0.2, -0.15) is 0 Å². The molecule has 0 aliphatic rings. The fourth-order valence-electron chi connectivity index (χ4n) is 2.80. The lowest BCUT2D eigenvalue weighted by atomic mass is 10.1. The quantitative estimate of drug-likeness (QED) is 0.642. The van der Waals surface area contributed by atoms with Crippen molar-refractivity contribution in [3.8, 4) is 0 Å². The fourth-order valence-corrected chi connectivity index (χ4v) is 2.97. The molecule has 0 atom stereocenters. The highest BCUT2D eigenvalue weighted by atomic mass is 35.5. The van der Waals surface area contributed by atoms with Crippen molar-refractivity contribution < 1.29 is 14.3 Å². The molecule has 0 bridgehead atoms. The van der Waals surface area contributed by atoms with Crippen LogP contribution in [0.5, 0.6) is 0 Å². The molecule has 0 saturated carbocycles. The highest BCUT2D eigenvalue weighted by Crippen LogP contribution is 2.22. The van der Waals surface area contributed by atoms with E-state index in [-0.39, 0.29) is 29.1 Å². The van der Waals surface area contributed by atoms with Crippen molar-refractivity contribution in [1.82, 2.24) is 9.55 Å². The number of anilines is 1.